The largest absolute Gasteiger partial charge is 0.252 e. The third-order valence-electron chi connectivity index (χ3n) is 11.0. The van der Waals surface area contributed by atoms with Gasteiger partial charge >= 0.3 is 0 Å². The van der Waals surface area contributed by atoms with Crippen LogP contribution in [0, 0.1) is 0 Å². The van der Waals surface area contributed by atoms with Gasteiger partial charge in [-0.3, -0.25) is 9.98 Å². The molecule has 2 nitrogen and oxygen atoms in total. The molecule has 0 fully saturated rings. The van der Waals surface area contributed by atoms with Gasteiger partial charge in [-0.25, -0.2) is 0 Å². The topological polar surface area (TPSA) is 24.7 Å². The molecule has 300 valence electrons. The van der Waals surface area contributed by atoms with Gasteiger partial charge < -0.3 is 0 Å². The molecule has 53 heavy (non-hydrogen) atoms. The van der Waals surface area contributed by atoms with E-state index in [1.807, 2.05) is 0 Å². The molecule has 0 aliphatic rings. The van der Waals surface area contributed by atoms with Crippen molar-refractivity contribution in [1.82, 2.24) is 0 Å². The van der Waals surface area contributed by atoms with Crippen LogP contribution in [-0.4, -0.2) is 11.4 Å². The number of nitrogens with zero attached hydrogens (tertiary/aromatic N) is 2. The fraction of sp³-hybridized carbons (Fsp3) is 0.725. The highest BCUT2D eigenvalue weighted by atomic mass is 14.8. The minimum atomic E-state index is 1.01. The summed E-state index contributed by atoms with van der Waals surface area (Å²) in [5.41, 5.74) is 10.6. The second kappa shape index (κ2) is 32.1. The maximum atomic E-state index is 5.58. The zero-order chi connectivity index (χ0) is 38.2. The third kappa shape index (κ3) is 22.7. The summed E-state index contributed by atoms with van der Waals surface area (Å²) in [7, 11) is 0. The molecule has 0 bridgehead atoms. The minimum Gasteiger partial charge on any atom is -0.252 e. The van der Waals surface area contributed by atoms with Crippen LogP contribution in [-0.2, 0) is 25.7 Å². The van der Waals surface area contributed by atoms with Crippen molar-refractivity contribution in [2.45, 2.75) is 241 Å². The lowest BCUT2D eigenvalue weighted by Gasteiger charge is -2.14. The summed E-state index contributed by atoms with van der Waals surface area (Å²) in [5.74, 6) is 0. The standard InChI is InChI=1S/C51H86N2/c1-7-13-19-20-21-22-23-24-25-26-27-28-29-30-31-37-51(53-49-42-46(34-16-10-4)39-47(43-49)35-17-11-5)50(36-18-12-6)52-48-40-44(32-14-8-2)38-45(41-48)33-15-9-3/h38-43H,7-37H2,1-6H3. The van der Waals surface area contributed by atoms with Crippen molar-refractivity contribution in [3.05, 3.63) is 58.7 Å². The van der Waals surface area contributed by atoms with Crippen molar-refractivity contribution >= 4 is 22.8 Å². The Morgan fingerprint density at radius 1 is 0.302 bits per heavy atom. The Bertz CT molecular complexity index is 1180. The van der Waals surface area contributed by atoms with Crippen LogP contribution in [0.15, 0.2) is 46.4 Å². The monoisotopic (exact) mass is 727 g/mol. The molecule has 0 N–H and O–H groups in total. The van der Waals surface area contributed by atoms with E-state index in [2.05, 4.69) is 77.9 Å². The summed E-state index contributed by atoms with van der Waals surface area (Å²) in [5, 5.41) is 0. The highest BCUT2D eigenvalue weighted by molar-refractivity contribution is 6.43. The SMILES string of the molecule is CCCCCCCCCCCCCCCCCC(=Nc1cc(CCCC)cc(CCCC)c1)C(CCCC)=Nc1cc(CCCC)cc(CCCC)c1. The second-order valence-corrected chi connectivity index (χ2v) is 16.3. The van der Waals surface area contributed by atoms with Gasteiger partial charge in [0.15, 0.2) is 0 Å². The number of unbranched alkanes of at least 4 members (excludes halogenated alkanes) is 19. The fourth-order valence-corrected chi connectivity index (χ4v) is 7.57. The zero-order valence-electron chi connectivity index (χ0n) is 36.3. The van der Waals surface area contributed by atoms with Crippen molar-refractivity contribution in [2.24, 2.45) is 9.98 Å². The molecule has 0 unspecified atom stereocenters. The minimum absolute atomic E-state index is 1.01. The highest BCUT2D eigenvalue weighted by Gasteiger charge is 2.13. The van der Waals surface area contributed by atoms with E-state index in [0.29, 0.717) is 0 Å². The Labute approximate surface area is 331 Å². The van der Waals surface area contributed by atoms with Crippen molar-refractivity contribution in [3.63, 3.8) is 0 Å². The molecule has 0 spiro atoms. The zero-order valence-corrected chi connectivity index (χ0v) is 36.3. The molecule has 0 heterocycles. The second-order valence-electron chi connectivity index (χ2n) is 16.3. The quantitative estimate of drug-likeness (QED) is 0.0507. The van der Waals surface area contributed by atoms with Crippen molar-refractivity contribution in [2.75, 3.05) is 0 Å². The molecule has 2 heteroatoms. The average Bonchev–Trinajstić information content (AvgIpc) is 3.17. The van der Waals surface area contributed by atoms with Gasteiger partial charge in [-0.05, 0) is 124 Å². The number of hydrogen-bond donors (Lipinski definition) is 0. The first-order valence-corrected chi connectivity index (χ1v) is 23.5. The van der Waals surface area contributed by atoms with Crippen molar-refractivity contribution < 1.29 is 0 Å². The smallest absolute Gasteiger partial charge is 0.0639 e. The summed E-state index contributed by atoms with van der Waals surface area (Å²) < 4.78 is 0. The number of rotatable bonds is 34. The van der Waals surface area contributed by atoms with Crippen LogP contribution < -0.4 is 0 Å². The van der Waals surface area contributed by atoms with E-state index in [4.69, 9.17) is 9.98 Å². The molecule has 0 saturated heterocycles. The molecule has 2 aromatic carbocycles. The summed E-state index contributed by atoms with van der Waals surface area (Å²) in [6.45, 7) is 13.8. The first-order valence-electron chi connectivity index (χ1n) is 23.5. The normalized spacial score (nSPS) is 12.3. The molecular formula is C51H86N2. The maximum absolute atomic E-state index is 5.58. The van der Waals surface area contributed by atoms with Crippen molar-refractivity contribution in [3.8, 4) is 0 Å². The molecule has 0 aromatic heterocycles. The molecule has 2 rings (SSSR count). The average molecular weight is 727 g/mol. The number of aliphatic imine (C=N–C) groups is 2. The van der Waals surface area contributed by atoms with E-state index >= 15 is 0 Å². The van der Waals surface area contributed by atoms with Gasteiger partial charge in [-0.2, -0.15) is 0 Å². The molecule has 0 amide bonds. The van der Waals surface area contributed by atoms with E-state index in [1.165, 1.54) is 188 Å². The van der Waals surface area contributed by atoms with Crippen LogP contribution in [0.25, 0.3) is 0 Å². The first kappa shape index (κ1) is 46.9. The molecule has 0 saturated carbocycles. The van der Waals surface area contributed by atoms with Gasteiger partial charge in [0.05, 0.1) is 22.8 Å². The van der Waals surface area contributed by atoms with E-state index < -0.39 is 0 Å². The lowest BCUT2D eigenvalue weighted by Crippen LogP contribution is -2.14. The van der Waals surface area contributed by atoms with Gasteiger partial charge in [0.1, 0.15) is 0 Å². The van der Waals surface area contributed by atoms with Crippen LogP contribution in [0.4, 0.5) is 11.4 Å². The van der Waals surface area contributed by atoms with Crippen LogP contribution in [0.5, 0.6) is 0 Å². The number of benzene rings is 2. The molecule has 2 aromatic rings. The maximum Gasteiger partial charge on any atom is 0.0639 e. The van der Waals surface area contributed by atoms with Gasteiger partial charge in [-0.1, -0.05) is 176 Å². The van der Waals surface area contributed by atoms with Gasteiger partial charge in [0.2, 0.25) is 0 Å². The molecule has 0 aliphatic heterocycles. The van der Waals surface area contributed by atoms with E-state index in [1.54, 1.807) is 0 Å². The highest BCUT2D eigenvalue weighted by Crippen LogP contribution is 2.26. The summed E-state index contributed by atoms with van der Waals surface area (Å²) in [6.07, 6.45) is 39.8. The van der Waals surface area contributed by atoms with Crippen LogP contribution in [0.2, 0.25) is 0 Å². The van der Waals surface area contributed by atoms with Crippen molar-refractivity contribution in [1.29, 1.82) is 0 Å². The Hall–Kier alpha value is -2.22. The van der Waals surface area contributed by atoms with E-state index in [0.717, 1.165) is 56.3 Å². The molecular weight excluding hydrogens is 641 g/mol. The summed E-state index contributed by atoms with van der Waals surface area (Å²) in [6, 6.07) is 14.5. The lowest BCUT2D eigenvalue weighted by atomic mass is 9.98. The Morgan fingerprint density at radius 2 is 0.566 bits per heavy atom. The molecule has 0 aliphatic carbocycles. The van der Waals surface area contributed by atoms with E-state index in [9.17, 15) is 0 Å². The number of aryl methyl sites for hydroxylation is 4. The Morgan fingerprint density at radius 3 is 0.868 bits per heavy atom. The first-order chi connectivity index (χ1) is 26.1. The molecule has 0 atom stereocenters. The van der Waals surface area contributed by atoms with Crippen LogP contribution >= 0.6 is 0 Å². The third-order valence-corrected chi connectivity index (χ3v) is 11.0. The molecule has 0 radical (unpaired) electrons. The van der Waals surface area contributed by atoms with Crippen LogP contribution in [0.3, 0.4) is 0 Å². The van der Waals surface area contributed by atoms with Gasteiger partial charge in [0, 0.05) is 0 Å². The number of hydrogen-bond acceptors (Lipinski definition) is 2. The van der Waals surface area contributed by atoms with E-state index in [-0.39, 0.29) is 0 Å². The fourth-order valence-electron chi connectivity index (χ4n) is 7.57. The van der Waals surface area contributed by atoms with Gasteiger partial charge in [-0.15, -0.1) is 0 Å². The predicted octanol–water partition coefficient (Wildman–Crippen LogP) is 17.4. The van der Waals surface area contributed by atoms with Crippen LogP contribution in [0.1, 0.15) is 237 Å². The lowest BCUT2D eigenvalue weighted by molar-refractivity contribution is 0.533. The predicted molar refractivity (Wildman–Crippen MR) is 241 cm³/mol. The Balaban J connectivity index is 2.26. The Kier molecular flexibility index (Phi) is 28.4. The summed E-state index contributed by atoms with van der Waals surface area (Å²) >= 11 is 0. The summed E-state index contributed by atoms with van der Waals surface area (Å²) in [4.78, 5) is 11.1. The van der Waals surface area contributed by atoms with Gasteiger partial charge in [0.25, 0.3) is 0 Å².